The van der Waals surface area contributed by atoms with Crippen molar-refractivity contribution in [2.24, 2.45) is 22.2 Å². The fraction of sp³-hybridized carbons (Fsp3) is 0.593. The molecule has 1 spiro atoms. The molecule has 4 atom stereocenters. The molecule has 0 N–H and O–H groups in total. The molecule has 31 heavy (non-hydrogen) atoms. The molecule has 0 bridgehead atoms. The van der Waals surface area contributed by atoms with Gasteiger partial charge < -0.3 is 4.74 Å². The molecule has 0 aromatic heterocycles. The lowest BCUT2D eigenvalue weighted by atomic mass is 9.52. The molecule has 0 aliphatic heterocycles. The number of ether oxygens (including phenoxy) is 1. The molecule has 5 aliphatic carbocycles. The van der Waals surface area contributed by atoms with E-state index in [2.05, 4.69) is 26.8 Å². The van der Waals surface area contributed by atoms with Crippen LogP contribution in [0.1, 0.15) is 72.1 Å². The maximum absolute atomic E-state index is 13.3. The number of fused-ring (bicyclic) bond motifs is 3. The first-order chi connectivity index (χ1) is 14.8. The lowest BCUT2D eigenvalue weighted by Gasteiger charge is -2.50. The van der Waals surface area contributed by atoms with E-state index < -0.39 is 11.3 Å². The summed E-state index contributed by atoms with van der Waals surface area (Å²) in [5.74, 6) is -0.336. The summed E-state index contributed by atoms with van der Waals surface area (Å²) in [5.41, 5.74) is 3.49. The van der Waals surface area contributed by atoms with E-state index in [9.17, 15) is 14.4 Å². The second kappa shape index (κ2) is 6.88. The highest BCUT2D eigenvalue weighted by atomic mass is 16.5. The van der Waals surface area contributed by atoms with E-state index in [1.807, 2.05) is 12.2 Å². The van der Waals surface area contributed by atoms with Gasteiger partial charge in [-0.15, -0.1) is 0 Å². The zero-order valence-corrected chi connectivity index (χ0v) is 18.9. The van der Waals surface area contributed by atoms with Crippen LogP contribution in [0.15, 0.2) is 46.6 Å². The molecule has 1 saturated carbocycles. The van der Waals surface area contributed by atoms with Crippen molar-refractivity contribution in [1.29, 1.82) is 0 Å². The van der Waals surface area contributed by atoms with Gasteiger partial charge in [0.25, 0.3) is 0 Å². The van der Waals surface area contributed by atoms with E-state index >= 15 is 0 Å². The van der Waals surface area contributed by atoms with Gasteiger partial charge in [0.1, 0.15) is 11.7 Å². The SMILES string of the molecule is CCCCOC(=O)[C@@H]1C=C2CC(=O)C=CC2(C)C2=C1C1=CC[C@@]3(C)CCC(=O)[C@@]13CC2. The van der Waals surface area contributed by atoms with E-state index in [4.69, 9.17) is 4.74 Å². The van der Waals surface area contributed by atoms with Gasteiger partial charge >= 0.3 is 5.97 Å². The number of hydrogen-bond acceptors (Lipinski definition) is 4. The number of carbonyl (C=O) groups is 3. The fourth-order valence-corrected chi connectivity index (χ4v) is 7.03. The lowest BCUT2D eigenvalue weighted by Crippen LogP contribution is -2.45. The summed E-state index contributed by atoms with van der Waals surface area (Å²) in [6, 6.07) is 0. The maximum atomic E-state index is 13.3. The smallest absolute Gasteiger partial charge is 0.317 e. The number of unbranched alkanes of at least 4 members (excludes halogenated alkanes) is 1. The highest BCUT2D eigenvalue weighted by Gasteiger charge is 2.65. The normalized spacial score (nSPS) is 38.2. The molecule has 5 aliphatic rings. The molecule has 4 heteroatoms. The largest absolute Gasteiger partial charge is 0.465 e. The van der Waals surface area contributed by atoms with E-state index in [1.165, 1.54) is 5.57 Å². The monoisotopic (exact) mass is 420 g/mol. The van der Waals surface area contributed by atoms with Crippen LogP contribution in [-0.4, -0.2) is 24.1 Å². The van der Waals surface area contributed by atoms with Gasteiger partial charge in [0.05, 0.1) is 12.0 Å². The quantitative estimate of drug-likeness (QED) is 0.356. The van der Waals surface area contributed by atoms with E-state index in [0.717, 1.165) is 55.2 Å². The Morgan fingerprint density at radius 1 is 1.19 bits per heavy atom. The standard InChI is InChI=1S/C27H32O4/c1-4-5-14-31-24(30)19-16-17-15-18(28)6-12-26(17,3)20-8-13-27-21(23(19)20)7-10-25(27,2)11-9-22(27)29/h6-7,12,16,19H,4-5,8-11,13-15H2,1-3H3/t19-,25+,26?,27-/m1/s1. The molecule has 0 heterocycles. The first-order valence-electron chi connectivity index (χ1n) is 11.8. The highest BCUT2D eigenvalue weighted by molar-refractivity contribution is 5.97. The zero-order chi connectivity index (χ0) is 22.0. The van der Waals surface area contributed by atoms with Crippen molar-refractivity contribution in [1.82, 2.24) is 0 Å². The summed E-state index contributed by atoms with van der Waals surface area (Å²) in [6.07, 6.45) is 14.2. The van der Waals surface area contributed by atoms with Crippen LogP contribution in [0.5, 0.6) is 0 Å². The zero-order valence-electron chi connectivity index (χ0n) is 18.9. The molecule has 5 rings (SSSR count). The van der Waals surface area contributed by atoms with Crippen molar-refractivity contribution in [3.8, 4) is 0 Å². The van der Waals surface area contributed by atoms with Gasteiger partial charge in [-0.2, -0.15) is 0 Å². The van der Waals surface area contributed by atoms with Crippen LogP contribution in [0.25, 0.3) is 0 Å². The molecule has 164 valence electrons. The van der Waals surface area contributed by atoms with Gasteiger partial charge in [0, 0.05) is 18.3 Å². The molecule has 0 aromatic rings. The molecule has 0 aromatic carbocycles. The highest BCUT2D eigenvalue weighted by Crippen LogP contribution is 2.69. The second-order valence-corrected chi connectivity index (χ2v) is 10.5. The minimum Gasteiger partial charge on any atom is -0.465 e. The molecule has 4 nitrogen and oxygen atoms in total. The Balaban J connectivity index is 1.65. The number of allylic oxidation sites excluding steroid dienone is 6. The van der Waals surface area contributed by atoms with Crippen molar-refractivity contribution >= 4 is 17.5 Å². The van der Waals surface area contributed by atoms with Crippen molar-refractivity contribution in [3.05, 3.63) is 46.6 Å². The van der Waals surface area contributed by atoms with Gasteiger partial charge in [-0.25, -0.2) is 0 Å². The molecular formula is C27H32O4. The molecule has 0 radical (unpaired) electrons. The first kappa shape index (κ1) is 20.7. The summed E-state index contributed by atoms with van der Waals surface area (Å²) in [5, 5.41) is 0. The summed E-state index contributed by atoms with van der Waals surface area (Å²) in [7, 11) is 0. The summed E-state index contributed by atoms with van der Waals surface area (Å²) in [4.78, 5) is 38.9. The lowest BCUT2D eigenvalue weighted by molar-refractivity contribution is -0.146. The Morgan fingerprint density at radius 2 is 2.00 bits per heavy atom. The fourth-order valence-electron chi connectivity index (χ4n) is 7.03. The van der Waals surface area contributed by atoms with Crippen LogP contribution in [0.2, 0.25) is 0 Å². The van der Waals surface area contributed by atoms with E-state index in [0.29, 0.717) is 25.2 Å². The third-order valence-corrected chi connectivity index (χ3v) is 8.93. The molecular weight excluding hydrogens is 388 g/mol. The maximum Gasteiger partial charge on any atom is 0.317 e. The molecule has 1 fully saturated rings. The summed E-state index contributed by atoms with van der Waals surface area (Å²) < 4.78 is 5.69. The summed E-state index contributed by atoms with van der Waals surface area (Å²) in [6.45, 7) is 6.91. The van der Waals surface area contributed by atoms with Crippen LogP contribution in [0.4, 0.5) is 0 Å². The van der Waals surface area contributed by atoms with Crippen LogP contribution in [0, 0.1) is 22.2 Å². The van der Waals surface area contributed by atoms with Crippen LogP contribution in [-0.2, 0) is 19.1 Å². The minimum absolute atomic E-state index is 0.0438. The average molecular weight is 421 g/mol. The Hall–Kier alpha value is -2.23. The number of esters is 1. The Labute approximate surface area is 184 Å². The third-order valence-electron chi connectivity index (χ3n) is 8.93. The van der Waals surface area contributed by atoms with Crippen molar-refractivity contribution in [3.63, 3.8) is 0 Å². The predicted octanol–water partition coefficient (Wildman–Crippen LogP) is 5.20. The van der Waals surface area contributed by atoms with Gasteiger partial charge in [-0.3, -0.25) is 14.4 Å². The second-order valence-electron chi connectivity index (χ2n) is 10.5. The van der Waals surface area contributed by atoms with Gasteiger partial charge in [-0.05, 0) is 61.7 Å². The predicted molar refractivity (Wildman–Crippen MR) is 118 cm³/mol. The number of carbonyl (C=O) groups excluding carboxylic acids is 3. The van der Waals surface area contributed by atoms with Crippen molar-refractivity contribution in [2.75, 3.05) is 6.61 Å². The third kappa shape index (κ3) is 2.63. The van der Waals surface area contributed by atoms with Gasteiger partial charge in [-0.1, -0.05) is 49.6 Å². The van der Waals surface area contributed by atoms with Crippen LogP contribution in [0.3, 0.4) is 0 Å². The number of Topliss-reactive ketones (excluding diaryl/α,β-unsaturated/α-hetero) is 1. The Bertz CT molecular complexity index is 1010. The Morgan fingerprint density at radius 3 is 2.77 bits per heavy atom. The van der Waals surface area contributed by atoms with E-state index in [1.54, 1.807) is 6.08 Å². The van der Waals surface area contributed by atoms with Gasteiger partial charge in [0.2, 0.25) is 0 Å². The average Bonchev–Trinajstić information content (AvgIpc) is 3.18. The van der Waals surface area contributed by atoms with Crippen molar-refractivity contribution in [2.45, 2.75) is 72.1 Å². The van der Waals surface area contributed by atoms with Gasteiger partial charge in [0.15, 0.2) is 5.78 Å². The minimum atomic E-state index is -0.520. The number of hydrogen-bond donors (Lipinski definition) is 0. The number of ketones is 2. The van der Waals surface area contributed by atoms with Crippen LogP contribution >= 0.6 is 0 Å². The first-order valence-corrected chi connectivity index (χ1v) is 11.8. The summed E-state index contributed by atoms with van der Waals surface area (Å²) >= 11 is 0. The van der Waals surface area contributed by atoms with Crippen molar-refractivity contribution < 1.29 is 19.1 Å². The topological polar surface area (TPSA) is 60.4 Å². The molecule has 1 unspecified atom stereocenters. The van der Waals surface area contributed by atoms with Crippen LogP contribution < -0.4 is 0 Å². The molecule has 0 saturated heterocycles. The van der Waals surface area contributed by atoms with E-state index in [-0.39, 0.29) is 22.6 Å². The number of rotatable bonds is 4. The molecule has 0 amide bonds. The Kier molecular flexibility index (Phi) is 4.59.